The van der Waals surface area contributed by atoms with Crippen LogP contribution < -0.4 is 0 Å². The van der Waals surface area contributed by atoms with Crippen LogP contribution in [0.1, 0.15) is 16.7 Å². The van der Waals surface area contributed by atoms with Crippen molar-refractivity contribution in [3.63, 3.8) is 0 Å². The maximum Gasteiger partial charge on any atom is 0.416 e. The van der Waals surface area contributed by atoms with Crippen molar-refractivity contribution in [2.75, 3.05) is 0 Å². The SMILES string of the molecule is Cc1cc(SCc2ccc(C(F)(F)F)cc2)ccc1O. The molecule has 0 aliphatic rings. The minimum absolute atomic E-state index is 0.240. The molecule has 5 heteroatoms. The zero-order valence-electron chi connectivity index (χ0n) is 10.7. The molecule has 0 saturated carbocycles. The van der Waals surface area contributed by atoms with Gasteiger partial charge in [-0.05, 0) is 48.4 Å². The smallest absolute Gasteiger partial charge is 0.416 e. The molecule has 1 N–H and O–H groups in total. The fourth-order valence-electron chi connectivity index (χ4n) is 1.67. The molecule has 0 unspecified atom stereocenters. The zero-order chi connectivity index (χ0) is 14.8. The van der Waals surface area contributed by atoms with Gasteiger partial charge in [0.15, 0.2) is 0 Å². The first-order valence-electron chi connectivity index (χ1n) is 5.95. The van der Waals surface area contributed by atoms with Crippen molar-refractivity contribution in [2.24, 2.45) is 0 Å². The highest BCUT2D eigenvalue weighted by Gasteiger charge is 2.29. The van der Waals surface area contributed by atoms with E-state index < -0.39 is 11.7 Å². The summed E-state index contributed by atoms with van der Waals surface area (Å²) in [5, 5.41) is 9.42. The summed E-state index contributed by atoms with van der Waals surface area (Å²) in [7, 11) is 0. The Kier molecular flexibility index (Phi) is 4.28. The van der Waals surface area contributed by atoms with Gasteiger partial charge in [0, 0.05) is 10.6 Å². The Hall–Kier alpha value is -1.62. The molecule has 2 rings (SSSR count). The van der Waals surface area contributed by atoms with E-state index in [1.54, 1.807) is 19.1 Å². The summed E-state index contributed by atoms with van der Waals surface area (Å²) in [4.78, 5) is 0.972. The van der Waals surface area contributed by atoms with E-state index in [-0.39, 0.29) is 5.75 Å². The maximum absolute atomic E-state index is 12.4. The molecule has 0 amide bonds. The van der Waals surface area contributed by atoms with Crippen molar-refractivity contribution in [3.05, 3.63) is 59.2 Å². The van der Waals surface area contributed by atoms with Crippen LogP contribution in [0.5, 0.6) is 5.75 Å². The van der Waals surface area contributed by atoms with E-state index >= 15 is 0 Å². The van der Waals surface area contributed by atoms with Crippen molar-refractivity contribution in [2.45, 2.75) is 23.7 Å². The predicted octanol–water partition coefficient (Wildman–Crippen LogP) is 5.01. The highest BCUT2D eigenvalue weighted by Crippen LogP contribution is 2.31. The lowest BCUT2D eigenvalue weighted by atomic mass is 10.1. The largest absolute Gasteiger partial charge is 0.508 e. The third-order valence-corrected chi connectivity index (χ3v) is 3.92. The summed E-state index contributed by atoms with van der Waals surface area (Å²) in [5.41, 5.74) is 0.975. The number of hydrogen-bond donors (Lipinski definition) is 1. The number of rotatable bonds is 3. The van der Waals surface area contributed by atoms with E-state index in [1.165, 1.54) is 23.9 Å². The molecule has 2 aromatic rings. The molecular weight excluding hydrogens is 285 g/mol. The van der Waals surface area contributed by atoms with Gasteiger partial charge in [0.05, 0.1) is 5.56 Å². The van der Waals surface area contributed by atoms with Crippen molar-refractivity contribution >= 4 is 11.8 Å². The van der Waals surface area contributed by atoms with E-state index in [0.717, 1.165) is 28.2 Å². The fourth-order valence-corrected chi connectivity index (χ4v) is 2.62. The van der Waals surface area contributed by atoms with Crippen LogP contribution in [-0.4, -0.2) is 5.11 Å². The van der Waals surface area contributed by atoms with E-state index in [2.05, 4.69) is 0 Å². The Balaban J connectivity index is 2.02. The van der Waals surface area contributed by atoms with E-state index in [0.29, 0.717) is 5.75 Å². The van der Waals surface area contributed by atoms with Gasteiger partial charge in [-0.15, -0.1) is 11.8 Å². The highest BCUT2D eigenvalue weighted by molar-refractivity contribution is 7.98. The van der Waals surface area contributed by atoms with Crippen LogP contribution in [0.4, 0.5) is 13.2 Å². The van der Waals surface area contributed by atoms with Crippen molar-refractivity contribution in [1.29, 1.82) is 0 Å². The van der Waals surface area contributed by atoms with Gasteiger partial charge in [0.1, 0.15) is 5.75 Å². The van der Waals surface area contributed by atoms with Gasteiger partial charge in [-0.1, -0.05) is 12.1 Å². The summed E-state index contributed by atoms with van der Waals surface area (Å²) in [6.45, 7) is 1.80. The number of alkyl halides is 3. The molecule has 2 aromatic carbocycles. The number of halogens is 3. The molecule has 0 aliphatic heterocycles. The van der Waals surface area contributed by atoms with Gasteiger partial charge < -0.3 is 5.11 Å². The van der Waals surface area contributed by atoms with Crippen LogP contribution in [0, 0.1) is 6.92 Å². The molecule has 0 spiro atoms. The van der Waals surface area contributed by atoms with E-state index in [4.69, 9.17) is 0 Å². The Morgan fingerprint density at radius 1 is 1.05 bits per heavy atom. The second-order valence-electron chi connectivity index (χ2n) is 4.43. The number of aromatic hydroxyl groups is 1. The minimum Gasteiger partial charge on any atom is -0.508 e. The molecule has 0 fully saturated rings. The van der Waals surface area contributed by atoms with Gasteiger partial charge in [0.25, 0.3) is 0 Å². The molecule has 0 saturated heterocycles. The molecule has 0 aromatic heterocycles. The van der Waals surface area contributed by atoms with Gasteiger partial charge in [-0.3, -0.25) is 0 Å². The Morgan fingerprint density at radius 3 is 2.25 bits per heavy atom. The molecule has 1 nitrogen and oxygen atoms in total. The molecular formula is C15H13F3OS. The third kappa shape index (κ3) is 3.70. The number of benzene rings is 2. The van der Waals surface area contributed by atoms with Crippen molar-refractivity contribution < 1.29 is 18.3 Å². The lowest BCUT2D eigenvalue weighted by Gasteiger charge is -2.08. The maximum atomic E-state index is 12.4. The van der Waals surface area contributed by atoms with Gasteiger partial charge in [0.2, 0.25) is 0 Å². The van der Waals surface area contributed by atoms with Gasteiger partial charge in [-0.25, -0.2) is 0 Å². The van der Waals surface area contributed by atoms with Crippen LogP contribution in [0.15, 0.2) is 47.4 Å². The number of thioether (sulfide) groups is 1. The average molecular weight is 298 g/mol. The lowest BCUT2D eigenvalue weighted by molar-refractivity contribution is -0.137. The normalized spacial score (nSPS) is 11.6. The van der Waals surface area contributed by atoms with E-state index in [1.807, 2.05) is 6.07 Å². The molecule has 0 radical (unpaired) electrons. The standard InChI is InChI=1S/C15H13F3OS/c1-10-8-13(6-7-14(10)19)20-9-11-2-4-12(5-3-11)15(16,17)18/h2-8,19H,9H2,1H3. The fraction of sp³-hybridized carbons (Fsp3) is 0.200. The third-order valence-electron chi connectivity index (χ3n) is 2.86. The van der Waals surface area contributed by atoms with Crippen LogP contribution in [0.3, 0.4) is 0 Å². The quantitative estimate of drug-likeness (QED) is 0.804. The molecule has 0 heterocycles. The van der Waals surface area contributed by atoms with Crippen molar-refractivity contribution in [3.8, 4) is 5.75 Å². The predicted molar refractivity (Wildman–Crippen MR) is 73.8 cm³/mol. The lowest BCUT2D eigenvalue weighted by Crippen LogP contribution is -2.04. The number of phenols is 1. The first-order chi connectivity index (χ1) is 9.36. The molecule has 20 heavy (non-hydrogen) atoms. The average Bonchev–Trinajstić information content (AvgIpc) is 2.40. The molecule has 106 valence electrons. The van der Waals surface area contributed by atoms with Crippen molar-refractivity contribution in [1.82, 2.24) is 0 Å². The summed E-state index contributed by atoms with van der Waals surface area (Å²) in [5.74, 6) is 0.825. The summed E-state index contributed by atoms with van der Waals surface area (Å²) in [6, 6.07) is 10.4. The van der Waals surface area contributed by atoms with Gasteiger partial charge >= 0.3 is 6.18 Å². The molecule has 0 atom stereocenters. The summed E-state index contributed by atoms with van der Waals surface area (Å²) in [6.07, 6.45) is -4.29. The van der Waals surface area contributed by atoms with Crippen LogP contribution >= 0.6 is 11.8 Å². The molecule has 0 aliphatic carbocycles. The first kappa shape index (κ1) is 14.8. The second kappa shape index (κ2) is 5.79. The second-order valence-corrected chi connectivity index (χ2v) is 5.48. The van der Waals surface area contributed by atoms with Gasteiger partial charge in [-0.2, -0.15) is 13.2 Å². The van der Waals surface area contributed by atoms with Crippen LogP contribution in [0.2, 0.25) is 0 Å². The highest BCUT2D eigenvalue weighted by atomic mass is 32.2. The Bertz CT molecular complexity index is 591. The number of aryl methyl sites for hydroxylation is 1. The van der Waals surface area contributed by atoms with E-state index in [9.17, 15) is 18.3 Å². The summed E-state index contributed by atoms with van der Waals surface area (Å²) >= 11 is 1.52. The monoisotopic (exact) mass is 298 g/mol. The van der Waals surface area contributed by atoms with Crippen LogP contribution in [-0.2, 0) is 11.9 Å². The number of phenolic OH excluding ortho intramolecular Hbond substituents is 1. The molecule has 0 bridgehead atoms. The Morgan fingerprint density at radius 2 is 1.70 bits per heavy atom. The number of hydrogen-bond acceptors (Lipinski definition) is 2. The summed E-state index contributed by atoms with van der Waals surface area (Å²) < 4.78 is 37.3. The zero-order valence-corrected chi connectivity index (χ0v) is 11.6. The van der Waals surface area contributed by atoms with Crippen LogP contribution in [0.25, 0.3) is 0 Å². The topological polar surface area (TPSA) is 20.2 Å². The first-order valence-corrected chi connectivity index (χ1v) is 6.93. The Labute approximate surface area is 119 Å². The minimum atomic E-state index is -4.29.